The fraction of sp³-hybridized carbons (Fsp3) is 0.688. The van der Waals surface area contributed by atoms with Gasteiger partial charge in [-0.3, -0.25) is 4.79 Å². The lowest BCUT2D eigenvalue weighted by Gasteiger charge is -2.32. The summed E-state index contributed by atoms with van der Waals surface area (Å²) in [6.07, 6.45) is 2.72. The van der Waals surface area contributed by atoms with Crippen molar-refractivity contribution < 1.29 is 4.79 Å². The molecule has 1 aromatic rings. The van der Waals surface area contributed by atoms with E-state index in [9.17, 15) is 4.79 Å². The zero-order valence-electron chi connectivity index (χ0n) is 13.5. The molecule has 1 aromatic heterocycles. The predicted octanol–water partition coefficient (Wildman–Crippen LogP) is 2.22. The highest BCUT2D eigenvalue weighted by atomic mass is 16.1. The van der Waals surface area contributed by atoms with Crippen LogP contribution in [-0.4, -0.2) is 35.0 Å². The third-order valence-corrected chi connectivity index (χ3v) is 4.12. The number of amides is 1. The zero-order chi connectivity index (χ0) is 15.4. The molecule has 0 bridgehead atoms. The number of rotatable bonds is 4. The van der Waals surface area contributed by atoms with Crippen molar-refractivity contribution in [1.82, 2.24) is 15.3 Å². The first-order valence-electron chi connectivity index (χ1n) is 7.87. The molecule has 1 aliphatic rings. The Morgan fingerprint density at radius 2 is 1.90 bits per heavy atom. The van der Waals surface area contributed by atoms with E-state index in [0.29, 0.717) is 0 Å². The maximum atomic E-state index is 12.2. The SMILES string of the molecule is CC[C@H](C)NC(=O)C1CCN(c2nc(C)cc(C)n2)CC1. The van der Waals surface area contributed by atoms with E-state index in [0.717, 1.165) is 49.7 Å². The average Bonchev–Trinajstić information content (AvgIpc) is 2.46. The molecule has 1 atom stereocenters. The number of hydrogen-bond acceptors (Lipinski definition) is 4. The molecular weight excluding hydrogens is 264 g/mol. The van der Waals surface area contributed by atoms with E-state index in [2.05, 4.69) is 34.0 Å². The molecule has 2 heterocycles. The van der Waals surface area contributed by atoms with E-state index in [4.69, 9.17) is 0 Å². The van der Waals surface area contributed by atoms with E-state index in [1.54, 1.807) is 0 Å². The van der Waals surface area contributed by atoms with Gasteiger partial charge in [0.05, 0.1) is 0 Å². The Balaban J connectivity index is 1.92. The fourth-order valence-corrected chi connectivity index (χ4v) is 2.65. The van der Waals surface area contributed by atoms with Crippen LogP contribution in [0.15, 0.2) is 6.07 Å². The number of carbonyl (C=O) groups is 1. The van der Waals surface area contributed by atoms with E-state index in [1.807, 2.05) is 19.9 Å². The average molecular weight is 290 g/mol. The molecule has 5 nitrogen and oxygen atoms in total. The summed E-state index contributed by atoms with van der Waals surface area (Å²) in [6, 6.07) is 2.24. The first-order valence-corrected chi connectivity index (χ1v) is 7.87. The quantitative estimate of drug-likeness (QED) is 0.924. The second kappa shape index (κ2) is 6.87. The number of anilines is 1. The first kappa shape index (κ1) is 15.7. The molecule has 1 aliphatic heterocycles. The van der Waals surface area contributed by atoms with E-state index in [-0.39, 0.29) is 17.9 Å². The van der Waals surface area contributed by atoms with Crippen LogP contribution >= 0.6 is 0 Å². The highest BCUT2D eigenvalue weighted by Crippen LogP contribution is 2.21. The van der Waals surface area contributed by atoms with Crippen LogP contribution in [0.25, 0.3) is 0 Å². The van der Waals surface area contributed by atoms with E-state index in [1.165, 1.54) is 0 Å². The number of piperidine rings is 1. The van der Waals surface area contributed by atoms with Crippen molar-refractivity contribution in [2.75, 3.05) is 18.0 Å². The second-order valence-electron chi connectivity index (χ2n) is 6.03. The summed E-state index contributed by atoms with van der Waals surface area (Å²) < 4.78 is 0. The Morgan fingerprint density at radius 3 is 2.43 bits per heavy atom. The molecule has 0 spiro atoms. The highest BCUT2D eigenvalue weighted by molar-refractivity contribution is 5.79. The van der Waals surface area contributed by atoms with Crippen LogP contribution in [0.4, 0.5) is 5.95 Å². The van der Waals surface area contributed by atoms with Gasteiger partial charge >= 0.3 is 0 Å². The molecule has 0 unspecified atom stereocenters. The van der Waals surface area contributed by atoms with Gasteiger partial charge in [0, 0.05) is 36.4 Å². The van der Waals surface area contributed by atoms with Crippen molar-refractivity contribution in [2.45, 2.75) is 53.0 Å². The monoisotopic (exact) mass is 290 g/mol. The van der Waals surface area contributed by atoms with Gasteiger partial charge in [0.1, 0.15) is 0 Å². The summed E-state index contributed by atoms with van der Waals surface area (Å²) >= 11 is 0. The molecule has 0 aromatic carbocycles. The van der Waals surface area contributed by atoms with Crippen LogP contribution in [0, 0.1) is 19.8 Å². The van der Waals surface area contributed by atoms with Gasteiger partial charge in [-0.25, -0.2) is 9.97 Å². The van der Waals surface area contributed by atoms with Gasteiger partial charge < -0.3 is 10.2 Å². The molecule has 1 amide bonds. The van der Waals surface area contributed by atoms with Crippen molar-refractivity contribution in [3.05, 3.63) is 17.5 Å². The predicted molar refractivity (Wildman–Crippen MR) is 84.3 cm³/mol. The second-order valence-corrected chi connectivity index (χ2v) is 6.03. The minimum absolute atomic E-state index is 0.126. The lowest BCUT2D eigenvalue weighted by Crippen LogP contribution is -2.43. The molecule has 116 valence electrons. The minimum atomic E-state index is 0.126. The van der Waals surface area contributed by atoms with Gasteiger partial charge in [-0.2, -0.15) is 0 Å². The lowest BCUT2D eigenvalue weighted by atomic mass is 9.95. The van der Waals surface area contributed by atoms with Gasteiger partial charge in [-0.1, -0.05) is 6.92 Å². The molecule has 2 rings (SSSR count). The molecule has 0 aliphatic carbocycles. The van der Waals surface area contributed by atoms with Crippen LogP contribution in [-0.2, 0) is 4.79 Å². The number of nitrogens with one attached hydrogen (secondary N) is 1. The molecule has 21 heavy (non-hydrogen) atoms. The van der Waals surface area contributed by atoms with Crippen molar-refractivity contribution >= 4 is 11.9 Å². The normalized spacial score (nSPS) is 17.6. The Hall–Kier alpha value is -1.65. The number of nitrogens with zero attached hydrogens (tertiary/aromatic N) is 3. The highest BCUT2D eigenvalue weighted by Gasteiger charge is 2.26. The summed E-state index contributed by atoms with van der Waals surface area (Å²) in [5.74, 6) is 1.12. The van der Waals surface area contributed by atoms with Crippen molar-refractivity contribution in [2.24, 2.45) is 5.92 Å². The van der Waals surface area contributed by atoms with Gasteiger partial charge in [0.2, 0.25) is 11.9 Å². The Bertz CT molecular complexity index is 475. The van der Waals surface area contributed by atoms with Gasteiger partial charge in [-0.15, -0.1) is 0 Å². The van der Waals surface area contributed by atoms with Crippen LogP contribution in [0.2, 0.25) is 0 Å². The Labute approximate surface area is 127 Å². The maximum absolute atomic E-state index is 12.2. The van der Waals surface area contributed by atoms with Crippen molar-refractivity contribution in [3.8, 4) is 0 Å². The number of aromatic nitrogens is 2. The number of hydrogen-bond donors (Lipinski definition) is 1. The smallest absolute Gasteiger partial charge is 0.225 e. The summed E-state index contributed by atoms with van der Waals surface area (Å²) in [4.78, 5) is 23.4. The van der Waals surface area contributed by atoms with Gasteiger partial charge in [0.25, 0.3) is 0 Å². The molecule has 0 saturated carbocycles. The summed E-state index contributed by atoms with van der Waals surface area (Å²) in [5, 5.41) is 3.08. The van der Waals surface area contributed by atoms with Crippen LogP contribution in [0.3, 0.4) is 0 Å². The zero-order valence-corrected chi connectivity index (χ0v) is 13.5. The topological polar surface area (TPSA) is 58.1 Å². The lowest BCUT2D eigenvalue weighted by molar-refractivity contribution is -0.126. The summed E-state index contributed by atoms with van der Waals surface area (Å²) in [7, 11) is 0. The van der Waals surface area contributed by atoms with Crippen molar-refractivity contribution in [3.63, 3.8) is 0 Å². The van der Waals surface area contributed by atoms with E-state index >= 15 is 0 Å². The Morgan fingerprint density at radius 1 is 1.33 bits per heavy atom. The van der Waals surface area contributed by atoms with E-state index < -0.39 is 0 Å². The van der Waals surface area contributed by atoms with Crippen LogP contribution in [0.1, 0.15) is 44.5 Å². The molecule has 1 saturated heterocycles. The molecule has 0 radical (unpaired) electrons. The molecular formula is C16H26N4O. The van der Waals surface area contributed by atoms with Crippen LogP contribution in [0.5, 0.6) is 0 Å². The first-order chi connectivity index (χ1) is 9.99. The maximum Gasteiger partial charge on any atom is 0.225 e. The third kappa shape index (κ3) is 4.16. The fourth-order valence-electron chi connectivity index (χ4n) is 2.65. The third-order valence-electron chi connectivity index (χ3n) is 4.12. The Kier molecular flexibility index (Phi) is 5.15. The van der Waals surface area contributed by atoms with Gasteiger partial charge in [-0.05, 0) is 46.1 Å². The molecule has 5 heteroatoms. The minimum Gasteiger partial charge on any atom is -0.353 e. The number of carbonyl (C=O) groups excluding carboxylic acids is 1. The van der Waals surface area contributed by atoms with Crippen LogP contribution < -0.4 is 10.2 Å². The molecule has 1 N–H and O–H groups in total. The summed E-state index contributed by atoms with van der Waals surface area (Å²) in [5.41, 5.74) is 1.99. The van der Waals surface area contributed by atoms with Gasteiger partial charge in [0.15, 0.2) is 0 Å². The largest absolute Gasteiger partial charge is 0.353 e. The number of aryl methyl sites for hydroxylation is 2. The standard InChI is InChI=1S/C16H26N4O/c1-5-11(2)17-15(21)14-6-8-20(9-7-14)16-18-12(3)10-13(4)19-16/h10-11,14H,5-9H2,1-4H3,(H,17,21)/t11-/m0/s1. The van der Waals surface area contributed by atoms with Crippen molar-refractivity contribution in [1.29, 1.82) is 0 Å². The molecule has 1 fully saturated rings. The summed E-state index contributed by atoms with van der Waals surface area (Å²) in [6.45, 7) is 9.82.